The van der Waals surface area contributed by atoms with E-state index in [0.29, 0.717) is 12.1 Å². The van der Waals surface area contributed by atoms with Crippen molar-refractivity contribution in [3.05, 3.63) is 44.2 Å². The predicted molar refractivity (Wildman–Crippen MR) is 77.3 cm³/mol. The molecule has 1 aliphatic rings. The highest BCUT2D eigenvalue weighted by Gasteiger charge is 2.14. The predicted octanol–water partition coefficient (Wildman–Crippen LogP) is 0.752. The maximum atomic E-state index is 11.4. The minimum atomic E-state index is -0.485. The van der Waals surface area contributed by atoms with Gasteiger partial charge in [0.05, 0.1) is 0 Å². The van der Waals surface area contributed by atoms with Gasteiger partial charge in [-0.3, -0.25) is 9.78 Å². The molecule has 0 aliphatic carbocycles. The van der Waals surface area contributed by atoms with Gasteiger partial charge in [-0.15, -0.1) is 10.2 Å². The SMILES string of the molecule is O=c1cc(Cc2nnc3n2CCCCCCC3)[nH]c(=O)[nH]1. The fraction of sp³-hybridized carbons (Fsp3) is 0.571. The van der Waals surface area contributed by atoms with Gasteiger partial charge < -0.3 is 9.55 Å². The number of hydrogen-bond donors (Lipinski definition) is 2. The van der Waals surface area contributed by atoms with Crippen LogP contribution in [0.4, 0.5) is 0 Å². The van der Waals surface area contributed by atoms with Crippen LogP contribution in [-0.2, 0) is 19.4 Å². The lowest BCUT2D eigenvalue weighted by Gasteiger charge is -2.08. The van der Waals surface area contributed by atoms with Crippen LogP contribution in [0.2, 0.25) is 0 Å². The molecule has 0 unspecified atom stereocenters. The topological polar surface area (TPSA) is 96.4 Å². The van der Waals surface area contributed by atoms with Crippen molar-refractivity contribution in [3.8, 4) is 0 Å². The van der Waals surface area contributed by atoms with Crippen molar-refractivity contribution in [3.63, 3.8) is 0 Å². The molecule has 3 rings (SSSR count). The van der Waals surface area contributed by atoms with E-state index in [1.54, 1.807) is 0 Å². The van der Waals surface area contributed by atoms with Crippen LogP contribution >= 0.6 is 0 Å². The fourth-order valence-electron chi connectivity index (χ4n) is 2.81. The second-order valence-electron chi connectivity index (χ2n) is 5.49. The molecule has 0 aromatic carbocycles. The van der Waals surface area contributed by atoms with Crippen LogP contribution in [-0.4, -0.2) is 24.7 Å². The molecular formula is C14H19N5O2. The second kappa shape index (κ2) is 6.07. The van der Waals surface area contributed by atoms with Crippen molar-refractivity contribution in [2.75, 3.05) is 0 Å². The molecule has 0 radical (unpaired) electrons. The van der Waals surface area contributed by atoms with E-state index in [-0.39, 0.29) is 0 Å². The van der Waals surface area contributed by atoms with Crippen LogP contribution in [0.1, 0.15) is 49.4 Å². The fourth-order valence-corrected chi connectivity index (χ4v) is 2.81. The average molecular weight is 289 g/mol. The van der Waals surface area contributed by atoms with E-state index in [1.165, 1.54) is 25.3 Å². The minimum absolute atomic E-state index is 0.391. The van der Waals surface area contributed by atoms with E-state index in [9.17, 15) is 9.59 Å². The van der Waals surface area contributed by atoms with Gasteiger partial charge in [-0.2, -0.15) is 0 Å². The van der Waals surface area contributed by atoms with Crippen molar-refractivity contribution in [2.45, 2.75) is 51.5 Å². The number of nitrogens with one attached hydrogen (secondary N) is 2. The molecule has 0 spiro atoms. The zero-order chi connectivity index (χ0) is 14.7. The highest BCUT2D eigenvalue weighted by molar-refractivity contribution is 5.09. The Morgan fingerprint density at radius 1 is 1.05 bits per heavy atom. The molecule has 2 aromatic rings. The number of rotatable bonds is 2. The lowest BCUT2D eigenvalue weighted by atomic mass is 10.1. The van der Waals surface area contributed by atoms with Crippen molar-refractivity contribution in [2.24, 2.45) is 0 Å². The molecule has 1 aliphatic heterocycles. The summed E-state index contributed by atoms with van der Waals surface area (Å²) < 4.78 is 2.14. The van der Waals surface area contributed by atoms with Crippen LogP contribution in [0.25, 0.3) is 0 Å². The van der Waals surface area contributed by atoms with Crippen LogP contribution in [0.3, 0.4) is 0 Å². The first-order valence-electron chi connectivity index (χ1n) is 7.46. The molecule has 0 bridgehead atoms. The Balaban J connectivity index is 1.88. The molecule has 7 heteroatoms. The number of aryl methyl sites for hydroxylation is 1. The zero-order valence-corrected chi connectivity index (χ0v) is 11.9. The Bertz CT molecular complexity index is 699. The standard InChI is InChI=1S/C14H19N5O2/c20-13-9-10(15-14(21)16-13)8-12-18-17-11-6-4-2-1-3-5-7-19(11)12/h9H,1-8H2,(H2,15,16,20,21). The number of H-pyrrole nitrogens is 2. The third kappa shape index (κ3) is 3.29. The summed E-state index contributed by atoms with van der Waals surface area (Å²) in [5, 5.41) is 8.52. The Morgan fingerprint density at radius 3 is 2.71 bits per heavy atom. The molecule has 2 aromatic heterocycles. The molecule has 2 N–H and O–H groups in total. The van der Waals surface area contributed by atoms with E-state index in [4.69, 9.17) is 0 Å². The lowest BCUT2D eigenvalue weighted by molar-refractivity contribution is 0.569. The highest BCUT2D eigenvalue weighted by atomic mass is 16.2. The van der Waals surface area contributed by atoms with Gasteiger partial charge in [0.25, 0.3) is 5.56 Å². The molecule has 7 nitrogen and oxygen atoms in total. The van der Waals surface area contributed by atoms with Gasteiger partial charge in [0.15, 0.2) is 0 Å². The van der Waals surface area contributed by atoms with Gasteiger partial charge in [0, 0.05) is 31.1 Å². The lowest BCUT2D eigenvalue weighted by Crippen LogP contribution is -2.23. The molecule has 3 heterocycles. The zero-order valence-electron chi connectivity index (χ0n) is 11.9. The Morgan fingerprint density at radius 2 is 1.86 bits per heavy atom. The van der Waals surface area contributed by atoms with Crippen LogP contribution < -0.4 is 11.2 Å². The van der Waals surface area contributed by atoms with Crippen molar-refractivity contribution < 1.29 is 0 Å². The van der Waals surface area contributed by atoms with Gasteiger partial charge in [-0.25, -0.2) is 4.79 Å². The normalized spacial score (nSPS) is 15.8. The van der Waals surface area contributed by atoms with Crippen LogP contribution in [0.5, 0.6) is 0 Å². The number of nitrogens with zero attached hydrogens (tertiary/aromatic N) is 3. The number of aromatic amines is 2. The first-order valence-corrected chi connectivity index (χ1v) is 7.46. The maximum Gasteiger partial charge on any atom is 0.325 e. The first kappa shape index (κ1) is 13.8. The summed E-state index contributed by atoms with van der Waals surface area (Å²) in [6.07, 6.45) is 7.35. The van der Waals surface area contributed by atoms with Gasteiger partial charge in [-0.05, 0) is 12.8 Å². The van der Waals surface area contributed by atoms with Crippen LogP contribution in [0, 0.1) is 0 Å². The quantitative estimate of drug-likeness (QED) is 0.852. The summed E-state index contributed by atoms with van der Waals surface area (Å²) in [6, 6.07) is 1.40. The Labute approximate surface area is 121 Å². The third-order valence-corrected chi connectivity index (χ3v) is 3.85. The second-order valence-corrected chi connectivity index (χ2v) is 5.49. The van der Waals surface area contributed by atoms with E-state index < -0.39 is 11.2 Å². The van der Waals surface area contributed by atoms with E-state index in [2.05, 4.69) is 24.7 Å². The molecule has 0 saturated carbocycles. The van der Waals surface area contributed by atoms with Crippen LogP contribution in [0.15, 0.2) is 15.7 Å². The summed E-state index contributed by atoms with van der Waals surface area (Å²) in [5.41, 5.74) is -0.307. The monoisotopic (exact) mass is 289 g/mol. The molecule has 0 saturated heterocycles. The number of aromatic nitrogens is 5. The molecule has 21 heavy (non-hydrogen) atoms. The van der Waals surface area contributed by atoms with E-state index in [0.717, 1.165) is 37.5 Å². The van der Waals surface area contributed by atoms with Crippen molar-refractivity contribution in [1.29, 1.82) is 0 Å². The minimum Gasteiger partial charge on any atom is -0.315 e. The van der Waals surface area contributed by atoms with Crippen molar-refractivity contribution in [1.82, 2.24) is 24.7 Å². The summed E-state index contributed by atoms with van der Waals surface area (Å²) in [6.45, 7) is 0.908. The molecular weight excluding hydrogens is 270 g/mol. The number of fused-ring (bicyclic) bond motifs is 1. The van der Waals surface area contributed by atoms with Gasteiger partial charge in [0.1, 0.15) is 11.6 Å². The Kier molecular flexibility index (Phi) is 3.98. The summed E-state index contributed by atoms with van der Waals surface area (Å²) in [7, 11) is 0. The van der Waals surface area contributed by atoms with Gasteiger partial charge >= 0.3 is 5.69 Å². The number of hydrogen-bond acceptors (Lipinski definition) is 4. The molecule has 0 amide bonds. The largest absolute Gasteiger partial charge is 0.325 e. The molecule has 0 fully saturated rings. The van der Waals surface area contributed by atoms with Crippen molar-refractivity contribution >= 4 is 0 Å². The molecule has 0 atom stereocenters. The summed E-state index contributed by atoms with van der Waals surface area (Å²) >= 11 is 0. The van der Waals surface area contributed by atoms with Gasteiger partial charge in [0.2, 0.25) is 0 Å². The highest BCUT2D eigenvalue weighted by Crippen LogP contribution is 2.15. The third-order valence-electron chi connectivity index (χ3n) is 3.85. The van der Waals surface area contributed by atoms with E-state index >= 15 is 0 Å². The van der Waals surface area contributed by atoms with E-state index in [1.807, 2.05) is 0 Å². The summed E-state index contributed by atoms with van der Waals surface area (Å²) in [4.78, 5) is 27.5. The summed E-state index contributed by atoms with van der Waals surface area (Å²) in [5.74, 6) is 1.83. The molecule has 112 valence electrons. The average Bonchev–Trinajstić information content (AvgIpc) is 2.82. The Hall–Kier alpha value is -2.18. The smallest absolute Gasteiger partial charge is 0.315 e. The first-order chi connectivity index (χ1) is 10.2. The van der Waals surface area contributed by atoms with Gasteiger partial charge in [-0.1, -0.05) is 19.3 Å². The maximum absolute atomic E-state index is 11.4.